The molecule has 1 aromatic carbocycles. The van der Waals surface area contributed by atoms with Gasteiger partial charge in [-0.2, -0.15) is 0 Å². The van der Waals surface area contributed by atoms with E-state index in [1.165, 1.54) is 0 Å². The van der Waals surface area contributed by atoms with E-state index < -0.39 is 5.41 Å². The highest BCUT2D eigenvalue weighted by Gasteiger charge is 2.39. The van der Waals surface area contributed by atoms with Gasteiger partial charge in [0, 0.05) is 31.2 Å². The first kappa shape index (κ1) is 18.5. The van der Waals surface area contributed by atoms with Crippen LogP contribution in [0, 0.1) is 5.41 Å². The molecule has 5 nitrogen and oxygen atoms in total. The molecule has 1 saturated heterocycles. The lowest BCUT2D eigenvalue weighted by molar-refractivity contribution is -0.132. The third kappa shape index (κ3) is 4.57. The number of likely N-dealkylation sites (N-methyl/N-ethyl adjacent to an activating group) is 1. The van der Waals surface area contributed by atoms with Crippen LogP contribution in [0.2, 0.25) is 0 Å². The average molecular weight is 331 g/mol. The van der Waals surface area contributed by atoms with Crippen LogP contribution in [0.15, 0.2) is 30.3 Å². The van der Waals surface area contributed by atoms with Gasteiger partial charge in [0.1, 0.15) is 0 Å². The van der Waals surface area contributed by atoms with Crippen molar-refractivity contribution >= 4 is 11.8 Å². The van der Waals surface area contributed by atoms with Crippen LogP contribution in [-0.2, 0) is 4.79 Å². The van der Waals surface area contributed by atoms with Gasteiger partial charge in [-0.15, -0.1) is 0 Å². The standard InChI is InChI=1S/C19H29N3O2/c1-4-20-15(2)13-21-18(24)19(3)11-8-12-22(14-19)17(23)16-9-6-5-7-10-16/h5-7,9-10,15,20H,4,8,11-14H2,1-3H3,(H,21,24)/t15-,19?/m1/s1. The molecule has 1 aromatic rings. The number of amides is 2. The summed E-state index contributed by atoms with van der Waals surface area (Å²) in [6, 6.07) is 9.53. The van der Waals surface area contributed by atoms with Crippen LogP contribution in [0.1, 0.15) is 44.0 Å². The number of rotatable bonds is 6. The van der Waals surface area contributed by atoms with Crippen LogP contribution in [0.25, 0.3) is 0 Å². The molecule has 0 saturated carbocycles. The normalized spacial score (nSPS) is 22.0. The minimum atomic E-state index is -0.519. The van der Waals surface area contributed by atoms with Crippen molar-refractivity contribution in [3.05, 3.63) is 35.9 Å². The van der Waals surface area contributed by atoms with Gasteiger partial charge in [0.15, 0.2) is 0 Å². The molecule has 132 valence electrons. The number of hydrogen-bond donors (Lipinski definition) is 2. The molecular weight excluding hydrogens is 302 g/mol. The predicted octanol–water partition coefficient (Wildman–Crippen LogP) is 2.04. The zero-order valence-corrected chi connectivity index (χ0v) is 15.0. The van der Waals surface area contributed by atoms with Crippen LogP contribution >= 0.6 is 0 Å². The Morgan fingerprint density at radius 3 is 2.67 bits per heavy atom. The predicted molar refractivity (Wildman–Crippen MR) is 95.8 cm³/mol. The Balaban J connectivity index is 1.97. The lowest BCUT2D eigenvalue weighted by Gasteiger charge is -2.39. The molecular formula is C19H29N3O2. The number of carbonyl (C=O) groups is 2. The summed E-state index contributed by atoms with van der Waals surface area (Å²) in [7, 11) is 0. The Hall–Kier alpha value is -1.88. The summed E-state index contributed by atoms with van der Waals surface area (Å²) in [6.07, 6.45) is 1.66. The molecule has 5 heteroatoms. The number of nitrogens with one attached hydrogen (secondary N) is 2. The molecule has 0 aromatic heterocycles. The maximum Gasteiger partial charge on any atom is 0.253 e. The third-order valence-corrected chi connectivity index (χ3v) is 4.67. The molecule has 1 aliphatic heterocycles. The molecule has 0 radical (unpaired) electrons. The summed E-state index contributed by atoms with van der Waals surface area (Å²) >= 11 is 0. The summed E-state index contributed by atoms with van der Waals surface area (Å²) in [5.41, 5.74) is 0.164. The first-order chi connectivity index (χ1) is 11.5. The first-order valence-electron chi connectivity index (χ1n) is 8.82. The Kier molecular flexibility index (Phi) is 6.37. The molecule has 2 N–H and O–H groups in total. The molecule has 1 unspecified atom stereocenters. The van der Waals surface area contributed by atoms with Gasteiger partial charge in [-0.3, -0.25) is 9.59 Å². The number of carbonyl (C=O) groups excluding carboxylic acids is 2. The van der Waals surface area contributed by atoms with Crippen molar-refractivity contribution in [1.29, 1.82) is 0 Å². The highest BCUT2D eigenvalue weighted by Crippen LogP contribution is 2.30. The van der Waals surface area contributed by atoms with Crippen LogP contribution in [-0.4, -0.2) is 48.9 Å². The molecule has 2 amide bonds. The van der Waals surface area contributed by atoms with Crippen molar-refractivity contribution in [2.75, 3.05) is 26.2 Å². The second-order valence-electron chi connectivity index (χ2n) is 6.93. The summed E-state index contributed by atoms with van der Waals surface area (Å²) in [5.74, 6) is 0.0492. The van der Waals surface area contributed by atoms with E-state index in [1.807, 2.05) is 49.1 Å². The SMILES string of the molecule is CCN[C@H](C)CNC(=O)C1(C)CCCN(C(=O)c2ccccc2)C1. The highest BCUT2D eigenvalue weighted by molar-refractivity contribution is 5.95. The maximum absolute atomic E-state index is 12.7. The molecule has 0 bridgehead atoms. The number of likely N-dealkylation sites (tertiary alicyclic amines) is 1. The van der Waals surface area contributed by atoms with Gasteiger partial charge < -0.3 is 15.5 Å². The van der Waals surface area contributed by atoms with E-state index in [0.717, 1.165) is 19.4 Å². The summed E-state index contributed by atoms with van der Waals surface area (Å²) in [6.45, 7) is 8.74. The highest BCUT2D eigenvalue weighted by atomic mass is 16.2. The topological polar surface area (TPSA) is 61.4 Å². The van der Waals surface area contributed by atoms with Gasteiger partial charge in [0.2, 0.25) is 5.91 Å². The van der Waals surface area contributed by atoms with Gasteiger partial charge >= 0.3 is 0 Å². The number of piperidine rings is 1. The van der Waals surface area contributed by atoms with Crippen LogP contribution in [0.5, 0.6) is 0 Å². The largest absolute Gasteiger partial charge is 0.354 e. The number of hydrogen-bond acceptors (Lipinski definition) is 3. The zero-order chi connectivity index (χ0) is 17.6. The zero-order valence-electron chi connectivity index (χ0n) is 15.0. The fraction of sp³-hybridized carbons (Fsp3) is 0.579. The fourth-order valence-corrected chi connectivity index (χ4v) is 3.24. The molecule has 24 heavy (non-hydrogen) atoms. The third-order valence-electron chi connectivity index (χ3n) is 4.67. The molecule has 1 heterocycles. The minimum Gasteiger partial charge on any atom is -0.354 e. The second kappa shape index (κ2) is 8.29. The first-order valence-corrected chi connectivity index (χ1v) is 8.82. The Labute approximate surface area is 144 Å². The van der Waals surface area contributed by atoms with Crippen molar-refractivity contribution in [3.8, 4) is 0 Å². The van der Waals surface area contributed by atoms with Crippen molar-refractivity contribution in [3.63, 3.8) is 0 Å². The van der Waals surface area contributed by atoms with Crippen LogP contribution in [0.4, 0.5) is 0 Å². The van der Waals surface area contributed by atoms with Crippen molar-refractivity contribution in [2.24, 2.45) is 5.41 Å². The van der Waals surface area contributed by atoms with Gasteiger partial charge in [-0.25, -0.2) is 0 Å². The molecule has 2 rings (SSSR count). The van der Waals surface area contributed by atoms with E-state index in [2.05, 4.69) is 17.6 Å². The lowest BCUT2D eigenvalue weighted by atomic mass is 9.80. The molecule has 1 aliphatic rings. The van der Waals surface area contributed by atoms with Gasteiger partial charge in [0.25, 0.3) is 5.91 Å². The van der Waals surface area contributed by atoms with E-state index in [9.17, 15) is 9.59 Å². The number of nitrogens with zero attached hydrogens (tertiary/aromatic N) is 1. The molecule has 0 spiro atoms. The van der Waals surface area contributed by atoms with Crippen LogP contribution in [0.3, 0.4) is 0 Å². The molecule has 1 fully saturated rings. The number of benzene rings is 1. The summed E-state index contributed by atoms with van der Waals surface area (Å²) in [5, 5.41) is 6.32. The van der Waals surface area contributed by atoms with Crippen molar-refractivity contribution < 1.29 is 9.59 Å². The minimum absolute atomic E-state index is 0.00958. The van der Waals surface area contributed by atoms with Gasteiger partial charge in [0.05, 0.1) is 5.41 Å². The van der Waals surface area contributed by atoms with E-state index in [0.29, 0.717) is 25.2 Å². The van der Waals surface area contributed by atoms with Crippen molar-refractivity contribution in [1.82, 2.24) is 15.5 Å². The van der Waals surface area contributed by atoms with E-state index >= 15 is 0 Å². The van der Waals surface area contributed by atoms with Gasteiger partial charge in [-0.05, 0) is 45.4 Å². The Bertz CT molecular complexity index is 561. The average Bonchev–Trinajstić information content (AvgIpc) is 2.60. The smallest absolute Gasteiger partial charge is 0.253 e. The van der Waals surface area contributed by atoms with E-state index in [1.54, 1.807) is 0 Å². The monoisotopic (exact) mass is 331 g/mol. The molecule has 2 atom stereocenters. The van der Waals surface area contributed by atoms with E-state index in [-0.39, 0.29) is 17.9 Å². The van der Waals surface area contributed by atoms with Gasteiger partial charge in [-0.1, -0.05) is 25.1 Å². The van der Waals surface area contributed by atoms with Crippen LogP contribution < -0.4 is 10.6 Å². The lowest BCUT2D eigenvalue weighted by Crippen LogP contribution is -2.53. The summed E-state index contributed by atoms with van der Waals surface area (Å²) in [4.78, 5) is 27.1. The quantitative estimate of drug-likeness (QED) is 0.838. The summed E-state index contributed by atoms with van der Waals surface area (Å²) < 4.78 is 0. The van der Waals surface area contributed by atoms with E-state index in [4.69, 9.17) is 0 Å². The van der Waals surface area contributed by atoms with Crippen molar-refractivity contribution in [2.45, 2.75) is 39.7 Å². The second-order valence-corrected chi connectivity index (χ2v) is 6.93. The molecule has 0 aliphatic carbocycles. The Morgan fingerprint density at radius 1 is 1.29 bits per heavy atom. The fourth-order valence-electron chi connectivity index (χ4n) is 3.24. The maximum atomic E-state index is 12.7. The Morgan fingerprint density at radius 2 is 2.00 bits per heavy atom.